The van der Waals surface area contributed by atoms with Crippen molar-refractivity contribution in [2.75, 3.05) is 19.8 Å². The highest BCUT2D eigenvalue weighted by Gasteiger charge is 2.39. The molecule has 32 heavy (non-hydrogen) atoms. The second kappa shape index (κ2) is 10.2. The van der Waals surface area contributed by atoms with Crippen LogP contribution in [-0.4, -0.2) is 37.2 Å². The number of hydrogen-bond donors (Lipinski definition) is 1. The Labute approximate surface area is 189 Å². The fourth-order valence-electron chi connectivity index (χ4n) is 4.81. The van der Waals surface area contributed by atoms with Crippen molar-refractivity contribution in [1.82, 2.24) is 0 Å². The number of fused-ring (bicyclic) bond motifs is 3. The number of hydrogen-bond acceptors (Lipinski definition) is 5. The van der Waals surface area contributed by atoms with Gasteiger partial charge in [-0.1, -0.05) is 55.1 Å². The summed E-state index contributed by atoms with van der Waals surface area (Å²) in [4.78, 5) is 12.7. The molecule has 4 rings (SSSR count). The molecule has 1 aliphatic heterocycles. The monoisotopic (exact) mass is 434 g/mol. The average Bonchev–Trinajstić information content (AvgIpc) is 3.20. The van der Waals surface area contributed by atoms with Gasteiger partial charge in [0.05, 0.1) is 0 Å². The lowest BCUT2D eigenvalue weighted by molar-refractivity contribution is -0.175. The van der Waals surface area contributed by atoms with Crippen LogP contribution in [0.3, 0.4) is 0 Å². The van der Waals surface area contributed by atoms with Crippen LogP contribution in [0, 0.1) is 5.92 Å². The van der Waals surface area contributed by atoms with Crippen LogP contribution in [-0.2, 0) is 25.4 Å². The molecule has 2 aromatic carbocycles. The molecule has 0 amide bonds. The predicted molar refractivity (Wildman–Crippen MR) is 123 cm³/mol. The third-order valence-electron chi connectivity index (χ3n) is 6.19. The molecule has 0 spiro atoms. The zero-order chi connectivity index (χ0) is 22.5. The Morgan fingerprint density at radius 2 is 2.03 bits per heavy atom. The summed E-state index contributed by atoms with van der Waals surface area (Å²) in [5.41, 5.74) is 6.26. The minimum atomic E-state index is -0.590. The van der Waals surface area contributed by atoms with Gasteiger partial charge in [0.1, 0.15) is 6.61 Å². The van der Waals surface area contributed by atoms with Gasteiger partial charge in [0.2, 0.25) is 12.0 Å². The van der Waals surface area contributed by atoms with Crippen molar-refractivity contribution in [3.05, 3.63) is 83.6 Å². The van der Waals surface area contributed by atoms with Crippen LogP contribution in [0.5, 0.6) is 0 Å². The molecule has 0 unspecified atom stereocenters. The van der Waals surface area contributed by atoms with Gasteiger partial charge in [-0.25, -0.2) is 4.79 Å². The molecule has 0 aromatic heterocycles. The molecule has 168 valence electrons. The number of benzene rings is 2. The van der Waals surface area contributed by atoms with Crippen LogP contribution in [0.15, 0.2) is 67.0 Å². The Hall–Kier alpha value is -2.89. The molecule has 5 nitrogen and oxygen atoms in total. The number of carbonyl (C=O) groups excluding carboxylic acids is 1. The van der Waals surface area contributed by atoms with E-state index in [-0.39, 0.29) is 30.8 Å². The van der Waals surface area contributed by atoms with Gasteiger partial charge in [-0.3, -0.25) is 0 Å². The lowest BCUT2D eigenvalue weighted by Gasteiger charge is -2.37. The number of rotatable bonds is 9. The van der Waals surface area contributed by atoms with Gasteiger partial charge < -0.3 is 19.3 Å². The average molecular weight is 435 g/mol. The van der Waals surface area contributed by atoms with E-state index in [9.17, 15) is 9.90 Å². The van der Waals surface area contributed by atoms with Gasteiger partial charge in [0.25, 0.3) is 0 Å². The SMILES string of the molecule is C=CCOC(=O)C1=C[C@@H](c2cccc3c2Cc2ccccc2-3)[C@@H](CCCO)[C@@H](OCC)O1. The molecular weight excluding hydrogens is 404 g/mol. The molecular formula is C27H30O5. The number of ether oxygens (including phenoxy) is 3. The van der Waals surface area contributed by atoms with Crippen molar-refractivity contribution in [3.63, 3.8) is 0 Å². The lowest BCUT2D eigenvalue weighted by atomic mass is 9.78. The molecule has 0 radical (unpaired) electrons. The van der Waals surface area contributed by atoms with E-state index >= 15 is 0 Å². The zero-order valence-corrected chi connectivity index (χ0v) is 18.5. The van der Waals surface area contributed by atoms with Gasteiger partial charge in [-0.2, -0.15) is 0 Å². The number of esters is 1. The van der Waals surface area contributed by atoms with Gasteiger partial charge in [0.15, 0.2) is 0 Å². The summed E-state index contributed by atoms with van der Waals surface area (Å²) in [6.45, 7) is 6.19. The predicted octanol–water partition coefficient (Wildman–Crippen LogP) is 4.74. The highest BCUT2D eigenvalue weighted by molar-refractivity contribution is 5.87. The molecule has 0 saturated carbocycles. The van der Waals surface area contributed by atoms with Crippen molar-refractivity contribution in [2.24, 2.45) is 5.92 Å². The normalized spacial score (nSPS) is 21.2. The topological polar surface area (TPSA) is 65.0 Å². The van der Waals surface area contributed by atoms with Crippen molar-refractivity contribution in [3.8, 4) is 11.1 Å². The number of aliphatic hydroxyl groups is 1. The largest absolute Gasteiger partial charge is 0.457 e. The molecule has 0 saturated heterocycles. The first-order chi connectivity index (χ1) is 15.7. The fraction of sp³-hybridized carbons (Fsp3) is 0.370. The van der Waals surface area contributed by atoms with Gasteiger partial charge in [-0.05, 0) is 60.1 Å². The summed E-state index contributed by atoms with van der Waals surface area (Å²) in [6.07, 6.45) is 5.02. The smallest absolute Gasteiger partial charge is 0.373 e. The molecule has 3 atom stereocenters. The zero-order valence-electron chi connectivity index (χ0n) is 18.5. The van der Waals surface area contributed by atoms with Crippen molar-refractivity contribution in [2.45, 2.75) is 38.4 Å². The van der Waals surface area contributed by atoms with Gasteiger partial charge in [0, 0.05) is 25.0 Å². The molecule has 1 aliphatic carbocycles. The van der Waals surface area contributed by atoms with Crippen molar-refractivity contribution < 1.29 is 24.1 Å². The van der Waals surface area contributed by atoms with E-state index in [4.69, 9.17) is 14.2 Å². The van der Waals surface area contributed by atoms with Crippen LogP contribution < -0.4 is 0 Å². The van der Waals surface area contributed by atoms with Crippen LogP contribution in [0.25, 0.3) is 11.1 Å². The van der Waals surface area contributed by atoms with E-state index < -0.39 is 12.3 Å². The lowest BCUT2D eigenvalue weighted by Crippen LogP contribution is -2.37. The standard InChI is InChI=1S/C27H30O5/c1-3-15-31-26(29)25-17-24(22(13-8-14-28)27(32-25)30-4-2)21-12-7-11-20-19-10-6-5-9-18(19)16-23(20)21/h3,5-7,9-12,17,22,24,27-28H,1,4,8,13-16H2,2H3/t22-,24+,27+/m1/s1. The number of aliphatic hydroxyl groups excluding tert-OH is 1. The summed E-state index contributed by atoms with van der Waals surface area (Å²) >= 11 is 0. The van der Waals surface area contributed by atoms with Crippen LogP contribution in [0.1, 0.15) is 42.4 Å². The van der Waals surface area contributed by atoms with E-state index in [1.54, 1.807) is 0 Å². The fourth-order valence-corrected chi connectivity index (χ4v) is 4.81. The van der Waals surface area contributed by atoms with Crippen LogP contribution in [0.4, 0.5) is 0 Å². The minimum absolute atomic E-state index is 0.0340. The third-order valence-corrected chi connectivity index (χ3v) is 6.19. The quantitative estimate of drug-likeness (QED) is 0.389. The summed E-state index contributed by atoms with van der Waals surface area (Å²) in [6, 6.07) is 14.8. The first kappa shape index (κ1) is 22.3. The molecule has 2 aliphatic rings. The third kappa shape index (κ3) is 4.36. The number of carbonyl (C=O) groups is 1. The maximum absolute atomic E-state index is 12.7. The molecule has 2 aromatic rings. The maximum Gasteiger partial charge on any atom is 0.373 e. The van der Waals surface area contributed by atoms with Gasteiger partial charge >= 0.3 is 5.97 Å². The molecule has 1 N–H and O–H groups in total. The summed E-state index contributed by atoms with van der Waals surface area (Å²) in [7, 11) is 0. The highest BCUT2D eigenvalue weighted by atomic mass is 16.7. The first-order valence-corrected chi connectivity index (χ1v) is 11.3. The van der Waals surface area contributed by atoms with Gasteiger partial charge in [-0.15, -0.1) is 0 Å². The second-order valence-electron chi connectivity index (χ2n) is 8.12. The Balaban J connectivity index is 1.77. The number of allylic oxidation sites excluding steroid dienone is 1. The first-order valence-electron chi connectivity index (χ1n) is 11.3. The molecule has 0 bridgehead atoms. The summed E-state index contributed by atoms with van der Waals surface area (Å²) in [5, 5.41) is 9.50. The van der Waals surface area contributed by atoms with E-state index in [1.165, 1.54) is 33.9 Å². The van der Waals surface area contributed by atoms with Crippen molar-refractivity contribution >= 4 is 5.97 Å². The summed E-state index contributed by atoms with van der Waals surface area (Å²) in [5.74, 6) is -0.476. The molecule has 0 fully saturated rings. The highest BCUT2D eigenvalue weighted by Crippen LogP contribution is 2.46. The summed E-state index contributed by atoms with van der Waals surface area (Å²) < 4.78 is 17.2. The maximum atomic E-state index is 12.7. The Kier molecular flexibility index (Phi) is 7.08. The molecule has 1 heterocycles. The van der Waals surface area contributed by atoms with Crippen LogP contribution in [0.2, 0.25) is 0 Å². The minimum Gasteiger partial charge on any atom is -0.457 e. The second-order valence-corrected chi connectivity index (χ2v) is 8.12. The van der Waals surface area contributed by atoms with E-state index in [1.807, 2.05) is 13.0 Å². The van der Waals surface area contributed by atoms with Crippen molar-refractivity contribution in [1.29, 1.82) is 0 Å². The van der Waals surface area contributed by atoms with E-state index in [0.717, 1.165) is 6.42 Å². The van der Waals surface area contributed by atoms with E-state index in [0.29, 0.717) is 19.4 Å². The van der Waals surface area contributed by atoms with E-state index in [2.05, 4.69) is 49.0 Å². The Morgan fingerprint density at radius 3 is 2.81 bits per heavy atom. The Morgan fingerprint density at radius 1 is 1.22 bits per heavy atom. The van der Waals surface area contributed by atoms with Crippen LogP contribution >= 0.6 is 0 Å². The molecule has 5 heteroatoms. The Bertz CT molecular complexity index is 1010.